The van der Waals surface area contributed by atoms with Crippen molar-refractivity contribution in [2.24, 2.45) is 0 Å². The van der Waals surface area contributed by atoms with Crippen molar-refractivity contribution in [2.45, 2.75) is 71.4 Å². The number of hydrogen-bond donors (Lipinski definition) is 1. The van der Waals surface area contributed by atoms with Gasteiger partial charge >= 0.3 is 6.09 Å². The third kappa shape index (κ3) is 4.75. The molecule has 6 heteroatoms. The van der Waals surface area contributed by atoms with Gasteiger partial charge in [0.15, 0.2) is 8.32 Å². The number of nitrogens with one attached hydrogen (secondary N) is 1. The molecule has 20 heavy (non-hydrogen) atoms. The SMILES string of the molecule is CC(C)(C)OC(=O)N1CC(O[Si](C)(C)C(C)(C)C)CN1. The highest BCUT2D eigenvalue weighted by atomic mass is 28.4. The number of hydrazine groups is 1. The third-order valence-corrected chi connectivity index (χ3v) is 8.31. The van der Waals surface area contributed by atoms with E-state index in [4.69, 9.17) is 9.16 Å². The normalized spacial score (nSPS) is 21.2. The van der Waals surface area contributed by atoms with Crippen LogP contribution in [-0.4, -0.2) is 44.2 Å². The average Bonchev–Trinajstić information content (AvgIpc) is 2.60. The first-order chi connectivity index (χ1) is 8.82. The number of nitrogens with zero attached hydrogens (tertiary/aromatic N) is 1. The molecule has 5 nitrogen and oxygen atoms in total. The van der Waals surface area contributed by atoms with Crippen LogP contribution in [0.5, 0.6) is 0 Å². The van der Waals surface area contributed by atoms with Gasteiger partial charge < -0.3 is 9.16 Å². The van der Waals surface area contributed by atoms with E-state index >= 15 is 0 Å². The molecular formula is C14H30N2O3Si. The first-order valence-corrected chi connectivity index (χ1v) is 10.1. The molecule has 1 atom stereocenters. The summed E-state index contributed by atoms with van der Waals surface area (Å²) in [5.41, 5.74) is 2.58. The number of rotatable bonds is 2. The summed E-state index contributed by atoms with van der Waals surface area (Å²) in [5, 5.41) is 1.69. The van der Waals surface area contributed by atoms with Crippen LogP contribution < -0.4 is 5.43 Å². The Morgan fingerprint density at radius 2 is 1.75 bits per heavy atom. The molecule has 0 bridgehead atoms. The van der Waals surface area contributed by atoms with Crippen LogP contribution in [-0.2, 0) is 9.16 Å². The summed E-state index contributed by atoms with van der Waals surface area (Å²) < 4.78 is 11.6. The van der Waals surface area contributed by atoms with Gasteiger partial charge in [0.25, 0.3) is 0 Å². The van der Waals surface area contributed by atoms with Crippen molar-refractivity contribution in [3.05, 3.63) is 0 Å². The molecule has 1 N–H and O–H groups in total. The zero-order valence-electron chi connectivity index (χ0n) is 14.2. The standard InChI is InChI=1S/C14H30N2O3Si/c1-13(2,3)18-12(17)16-10-11(9-15-16)19-20(7,8)14(4,5)6/h11,15H,9-10H2,1-8H3. The largest absolute Gasteiger partial charge is 0.443 e. The van der Waals surface area contributed by atoms with Gasteiger partial charge in [-0.3, -0.25) is 0 Å². The van der Waals surface area contributed by atoms with Crippen molar-refractivity contribution < 1.29 is 14.0 Å². The van der Waals surface area contributed by atoms with E-state index in [2.05, 4.69) is 39.3 Å². The van der Waals surface area contributed by atoms with Crippen molar-refractivity contribution >= 4 is 14.4 Å². The van der Waals surface area contributed by atoms with Crippen LogP contribution in [0.2, 0.25) is 18.1 Å². The van der Waals surface area contributed by atoms with Crippen LogP contribution in [0, 0.1) is 0 Å². The van der Waals surface area contributed by atoms with Crippen LogP contribution in [0.15, 0.2) is 0 Å². The molecule has 0 aromatic rings. The molecule has 1 aliphatic heterocycles. The lowest BCUT2D eigenvalue weighted by Crippen LogP contribution is -2.45. The maximum Gasteiger partial charge on any atom is 0.424 e. The summed E-state index contributed by atoms with van der Waals surface area (Å²) in [6, 6.07) is 0. The van der Waals surface area contributed by atoms with Gasteiger partial charge in [-0.25, -0.2) is 15.2 Å². The minimum absolute atomic E-state index is 0.0448. The van der Waals surface area contributed by atoms with Crippen molar-refractivity contribution in [3.8, 4) is 0 Å². The van der Waals surface area contributed by atoms with Crippen molar-refractivity contribution in [2.75, 3.05) is 13.1 Å². The zero-order chi connectivity index (χ0) is 15.8. The number of amides is 1. The highest BCUT2D eigenvalue weighted by molar-refractivity contribution is 6.74. The van der Waals surface area contributed by atoms with E-state index in [9.17, 15) is 4.79 Å². The van der Waals surface area contributed by atoms with Gasteiger partial charge in [0, 0.05) is 6.54 Å². The van der Waals surface area contributed by atoms with E-state index in [1.54, 1.807) is 0 Å². The second kappa shape index (κ2) is 5.65. The van der Waals surface area contributed by atoms with Crippen LogP contribution in [0.1, 0.15) is 41.5 Å². The molecule has 1 aliphatic rings. The molecular weight excluding hydrogens is 272 g/mol. The lowest BCUT2D eigenvalue weighted by molar-refractivity contribution is 0.0194. The van der Waals surface area contributed by atoms with Gasteiger partial charge in [-0.1, -0.05) is 20.8 Å². The second-order valence-corrected chi connectivity index (χ2v) is 12.7. The monoisotopic (exact) mass is 302 g/mol. The fourth-order valence-corrected chi connectivity index (χ4v) is 3.02. The molecule has 1 saturated heterocycles. The van der Waals surface area contributed by atoms with Crippen molar-refractivity contribution in [1.82, 2.24) is 10.4 Å². The number of carbonyl (C=O) groups excluding carboxylic acids is 1. The zero-order valence-corrected chi connectivity index (χ0v) is 15.2. The molecule has 118 valence electrons. The maximum absolute atomic E-state index is 12.0. The summed E-state index contributed by atoms with van der Waals surface area (Å²) in [6.45, 7) is 17.9. The van der Waals surface area contributed by atoms with E-state index in [-0.39, 0.29) is 17.2 Å². The van der Waals surface area contributed by atoms with Gasteiger partial charge in [0.2, 0.25) is 0 Å². The minimum atomic E-state index is -1.80. The Bertz CT molecular complexity index is 358. The number of ether oxygens (including phenoxy) is 1. The topological polar surface area (TPSA) is 50.8 Å². The molecule has 0 aliphatic carbocycles. The van der Waals surface area contributed by atoms with E-state index < -0.39 is 13.9 Å². The molecule has 0 saturated carbocycles. The van der Waals surface area contributed by atoms with Gasteiger partial charge in [0.05, 0.1) is 12.6 Å². The molecule has 1 heterocycles. The fourth-order valence-electron chi connectivity index (χ4n) is 1.67. The fraction of sp³-hybridized carbons (Fsp3) is 0.929. The Morgan fingerprint density at radius 1 is 1.20 bits per heavy atom. The molecule has 0 radical (unpaired) electrons. The quantitative estimate of drug-likeness (QED) is 0.796. The van der Waals surface area contributed by atoms with Gasteiger partial charge in [-0.2, -0.15) is 0 Å². The van der Waals surface area contributed by atoms with Crippen LogP contribution in [0.3, 0.4) is 0 Å². The Hall–Kier alpha value is -0.593. The molecule has 0 aromatic heterocycles. The van der Waals surface area contributed by atoms with Gasteiger partial charge in [0.1, 0.15) is 5.60 Å². The molecule has 1 unspecified atom stereocenters. The average molecular weight is 302 g/mol. The number of hydrogen-bond acceptors (Lipinski definition) is 4. The summed E-state index contributed by atoms with van der Waals surface area (Å²) in [7, 11) is -1.80. The van der Waals surface area contributed by atoms with E-state index in [0.29, 0.717) is 13.1 Å². The molecule has 1 rings (SSSR count). The Kier molecular flexibility index (Phi) is 4.94. The first-order valence-electron chi connectivity index (χ1n) is 7.24. The third-order valence-electron chi connectivity index (χ3n) is 3.78. The van der Waals surface area contributed by atoms with E-state index in [1.165, 1.54) is 5.01 Å². The highest BCUT2D eigenvalue weighted by Gasteiger charge is 2.41. The summed E-state index contributed by atoms with van der Waals surface area (Å²) in [5.74, 6) is 0. The summed E-state index contributed by atoms with van der Waals surface area (Å²) in [6.07, 6.45) is -0.290. The molecule has 0 aromatic carbocycles. The molecule has 1 fully saturated rings. The lowest BCUT2D eigenvalue weighted by atomic mass is 10.2. The summed E-state index contributed by atoms with van der Waals surface area (Å²) in [4.78, 5) is 12.0. The van der Waals surface area contributed by atoms with Crippen molar-refractivity contribution in [1.29, 1.82) is 0 Å². The van der Waals surface area contributed by atoms with Crippen LogP contribution in [0.4, 0.5) is 4.79 Å². The maximum atomic E-state index is 12.0. The lowest BCUT2D eigenvalue weighted by Gasteiger charge is -2.38. The Balaban J connectivity index is 2.54. The van der Waals surface area contributed by atoms with Gasteiger partial charge in [-0.15, -0.1) is 0 Å². The first kappa shape index (κ1) is 17.5. The van der Waals surface area contributed by atoms with E-state index in [1.807, 2.05) is 20.8 Å². The van der Waals surface area contributed by atoms with Crippen LogP contribution in [0.25, 0.3) is 0 Å². The smallest absolute Gasteiger partial charge is 0.424 e. The van der Waals surface area contributed by atoms with Gasteiger partial charge in [-0.05, 0) is 38.9 Å². The predicted molar refractivity (Wildman–Crippen MR) is 83.0 cm³/mol. The highest BCUT2D eigenvalue weighted by Crippen LogP contribution is 2.37. The van der Waals surface area contributed by atoms with Crippen LogP contribution >= 0.6 is 0 Å². The summed E-state index contributed by atoms with van der Waals surface area (Å²) >= 11 is 0. The minimum Gasteiger partial charge on any atom is -0.443 e. The number of carbonyl (C=O) groups is 1. The Morgan fingerprint density at radius 3 is 2.20 bits per heavy atom. The molecule has 0 spiro atoms. The van der Waals surface area contributed by atoms with E-state index in [0.717, 1.165) is 0 Å². The molecule has 1 amide bonds. The predicted octanol–water partition coefficient (Wildman–Crippen LogP) is 3.13. The second-order valence-electron chi connectivity index (χ2n) is 7.95. The van der Waals surface area contributed by atoms with Crippen molar-refractivity contribution in [3.63, 3.8) is 0 Å². The Labute approximate surface area is 124 Å².